The highest BCUT2D eigenvalue weighted by Gasteiger charge is 2.21. The highest BCUT2D eigenvalue weighted by molar-refractivity contribution is 7.86. The van der Waals surface area contributed by atoms with Crippen molar-refractivity contribution in [3.63, 3.8) is 0 Å². The van der Waals surface area contributed by atoms with Crippen LogP contribution in [0.15, 0.2) is 23.1 Å². The smallest absolute Gasteiger partial charge is 0.266 e. The molecular formula is C30H54O3S. The maximum Gasteiger partial charge on any atom is 0.297 e. The Hall–Kier alpha value is -0.870. The molecule has 4 heteroatoms. The Kier molecular flexibility index (Phi) is 18.6. The van der Waals surface area contributed by atoms with E-state index < -0.39 is 10.1 Å². The van der Waals surface area contributed by atoms with E-state index in [1.807, 2.05) is 6.07 Å². The highest BCUT2D eigenvalue weighted by atomic mass is 32.2. The van der Waals surface area contributed by atoms with Crippen molar-refractivity contribution in [2.75, 3.05) is 6.61 Å². The molecule has 3 nitrogen and oxygen atoms in total. The Morgan fingerprint density at radius 1 is 0.588 bits per heavy atom. The van der Waals surface area contributed by atoms with Crippen LogP contribution in [0.2, 0.25) is 0 Å². The molecule has 1 aromatic rings. The van der Waals surface area contributed by atoms with Gasteiger partial charge in [0.25, 0.3) is 10.1 Å². The van der Waals surface area contributed by atoms with Gasteiger partial charge in [0.15, 0.2) is 0 Å². The van der Waals surface area contributed by atoms with Crippen molar-refractivity contribution in [2.24, 2.45) is 0 Å². The molecule has 34 heavy (non-hydrogen) atoms. The molecule has 0 radical (unpaired) electrons. The van der Waals surface area contributed by atoms with Crippen LogP contribution in [0.25, 0.3) is 0 Å². The molecule has 0 saturated carbocycles. The number of aryl methyl sites for hydroxylation is 1. The van der Waals surface area contributed by atoms with Crippen LogP contribution in [0.1, 0.15) is 147 Å². The van der Waals surface area contributed by atoms with Crippen LogP contribution in [0.3, 0.4) is 0 Å². The molecule has 0 aliphatic rings. The van der Waals surface area contributed by atoms with Gasteiger partial charge in [-0.15, -0.1) is 0 Å². The van der Waals surface area contributed by atoms with Gasteiger partial charge in [0.1, 0.15) is 0 Å². The summed E-state index contributed by atoms with van der Waals surface area (Å²) in [6.45, 7) is 6.99. The van der Waals surface area contributed by atoms with Gasteiger partial charge >= 0.3 is 0 Å². The molecular weight excluding hydrogens is 440 g/mol. The van der Waals surface area contributed by atoms with Crippen molar-refractivity contribution in [2.45, 2.75) is 154 Å². The summed E-state index contributed by atoms with van der Waals surface area (Å²) in [6.07, 6.45) is 23.3. The average Bonchev–Trinajstić information content (AvgIpc) is 2.83. The first-order chi connectivity index (χ1) is 16.6. The lowest BCUT2D eigenvalue weighted by atomic mass is 9.96. The van der Waals surface area contributed by atoms with Crippen LogP contribution in [0, 0.1) is 0 Å². The van der Waals surface area contributed by atoms with Gasteiger partial charge in [-0.2, -0.15) is 8.42 Å². The zero-order chi connectivity index (χ0) is 24.9. The molecule has 198 valence electrons. The molecule has 0 aliphatic carbocycles. The number of hydrogen-bond donors (Lipinski definition) is 0. The molecule has 0 saturated heterocycles. The Morgan fingerprint density at radius 2 is 1.06 bits per heavy atom. The van der Waals surface area contributed by atoms with Gasteiger partial charge in [-0.1, -0.05) is 129 Å². The summed E-state index contributed by atoms with van der Waals surface area (Å²) in [7, 11) is -3.70. The lowest BCUT2D eigenvalue weighted by Crippen LogP contribution is -2.12. The lowest BCUT2D eigenvalue weighted by molar-refractivity contribution is 0.306. The van der Waals surface area contributed by atoms with Crippen molar-refractivity contribution in [1.29, 1.82) is 0 Å². The van der Waals surface area contributed by atoms with E-state index in [-0.39, 0.29) is 0 Å². The SMILES string of the molecule is CCCCCCCCOS(=O)(=O)c1cccc(CCCCCCCC)c1CCCCCCCC. The fourth-order valence-electron chi connectivity index (χ4n) is 4.66. The fourth-order valence-corrected chi connectivity index (χ4v) is 5.90. The Labute approximate surface area is 212 Å². The summed E-state index contributed by atoms with van der Waals surface area (Å²) in [5, 5.41) is 0. The van der Waals surface area contributed by atoms with Crippen LogP contribution in [-0.4, -0.2) is 15.0 Å². The quantitative estimate of drug-likeness (QED) is 0.112. The molecule has 0 aromatic heterocycles. The highest BCUT2D eigenvalue weighted by Crippen LogP contribution is 2.26. The zero-order valence-corrected chi connectivity index (χ0v) is 23.5. The molecule has 1 rings (SSSR count). The van der Waals surface area contributed by atoms with Crippen molar-refractivity contribution in [1.82, 2.24) is 0 Å². The first-order valence-electron chi connectivity index (χ1n) is 14.6. The van der Waals surface area contributed by atoms with Crippen LogP contribution in [0.5, 0.6) is 0 Å². The summed E-state index contributed by atoms with van der Waals surface area (Å²) in [5.74, 6) is 0. The predicted octanol–water partition coefficient (Wildman–Crippen LogP) is 9.56. The molecule has 0 spiro atoms. The first kappa shape index (κ1) is 31.2. The Bertz CT molecular complexity index is 712. The number of unbranched alkanes of at least 4 members (excludes halogenated alkanes) is 15. The topological polar surface area (TPSA) is 43.4 Å². The number of hydrogen-bond acceptors (Lipinski definition) is 3. The maximum absolute atomic E-state index is 13.1. The van der Waals surface area contributed by atoms with E-state index in [0.29, 0.717) is 11.5 Å². The molecule has 0 bridgehead atoms. The third-order valence-electron chi connectivity index (χ3n) is 6.82. The van der Waals surface area contributed by atoms with E-state index >= 15 is 0 Å². The zero-order valence-electron chi connectivity index (χ0n) is 22.7. The molecule has 0 unspecified atom stereocenters. The lowest BCUT2D eigenvalue weighted by Gasteiger charge is -2.16. The average molecular weight is 495 g/mol. The third-order valence-corrected chi connectivity index (χ3v) is 8.21. The van der Waals surface area contributed by atoms with Gasteiger partial charge in [0, 0.05) is 0 Å². The van der Waals surface area contributed by atoms with Gasteiger partial charge in [0.05, 0.1) is 11.5 Å². The Balaban J connectivity index is 2.75. The maximum atomic E-state index is 13.1. The molecule has 0 aliphatic heterocycles. The summed E-state index contributed by atoms with van der Waals surface area (Å²) in [6, 6.07) is 5.83. The summed E-state index contributed by atoms with van der Waals surface area (Å²) < 4.78 is 31.8. The molecule has 0 fully saturated rings. The van der Waals surface area contributed by atoms with Gasteiger partial charge in [-0.05, 0) is 49.3 Å². The normalized spacial score (nSPS) is 11.9. The van der Waals surface area contributed by atoms with E-state index in [2.05, 4.69) is 26.8 Å². The molecule has 0 N–H and O–H groups in total. The minimum absolute atomic E-state index is 0.298. The van der Waals surface area contributed by atoms with E-state index in [0.717, 1.165) is 50.5 Å². The first-order valence-corrected chi connectivity index (χ1v) is 16.0. The molecule has 0 atom stereocenters. The largest absolute Gasteiger partial charge is 0.297 e. The van der Waals surface area contributed by atoms with E-state index in [1.165, 1.54) is 89.0 Å². The molecule has 0 heterocycles. The molecule has 1 aromatic carbocycles. The second kappa shape index (κ2) is 20.3. The standard InChI is InChI=1S/C30H54O3S/c1-4-7-10-13-16-19-23-28-24-22-26-30(29(28)25-20-17-14-11-8-5-2)34(31,32)33-27-21-18-15-12-9-6-3/h22,24,26H,4-21,23,25,27H2,1-3H3. The van der Waals surface area contributed by atoms with E-state index in [1.54, 1.807) is 6.07 Å². The predicted molar refractivity (Wildman–Crippen MR) is 147 cm³/mol. The fraction of sp³-hybridized carbons (Fsp3) is 0.800. The van der Waals surface area contributed by atoms with Crippen LogP contribution in [0.4, 0.5) is 0 Å². The monoisotopic (exact) mass is 494 g/mol. The summed E-state index contributed by atoms with van der Waals surface area (Å²) >= 11 is 0. The van der Waals surface area contributed by atoms with Gasteiger partial charge in [-0.3, -0.25) is 4.18 Å². The van der Waals surface area contributed by atoms with E-state index in [9.17, 15) is 8.42 Å². The molecule has 0 amide bonds. The van der Waals surface area contributed by atoms with Crippen molar-refractivity contribution in [3.05, 3.63) is 29.3 Å². The van der Waals surface area contributed by atoms with Gasteiger partial charge < -0.3 is 0 Å². The number of rotatable bonds is 23. The van der Waals surface area contributed by atoms with E-state index in [4.69, 9.17) is 4.18 Å². The van der Waals surface area contributed by atoms with Crippen molar-refractivity contribution in [3.8, 4) is 0 Å². The second-order valence-electron chi connectivity index (χ2n) is 9.97. The number of benzene rings is 1. The Morgan fingerprint density at radius 3 is 1.62 bits per heavy atom. The van der Waals surface area contributed by atoms with Crippen molar-refractivity contribution < 1.29 is 12.6 Å². The van der Waals surface area contributed by atoms with Gasteiger partial charge in [-0.25, -0.2) is 0 Å². The summed E-state index contributed by atoms with van der Waals surface area (Å²) in [4.78, 5) is 0.426. The van der Waals surface area contributed by atoms with Crippen LogP contribution < -0.4 is 0 Å². The minimum atomic E-state index is -3.70. The second-order valence-corrected chi connectivity index (χ2v) is 11.6. The minimum Gasteiger partial charge on any atom is -0.266 e. The van der Waals surface area contributed by atoms with Gasteiger partial charge in [0.2, 0.25) is 0 Å². The third kappa shape index (κ3) is 13.9. The van der Waals surface area contributed by atoms with Crippen LogP contribution >= 0.6 is 0 Å². The summed E-state index contributed by atoms with van der Waals surface area (Å²) in [5.41, 5.74) is 2.24. The van der Waals surface area contributed by atoms with Crippen LogP contribution in [-0.2, 0) is 27.1 Å². The van der Waals surface area contributed by atoms with Crippen molar-refractivity contribution >= 4 is 10.1 Å².